The van der Waals surface area contributed by atoms with Crippen LogP contribution >= 0.6 is 0 Å². The van der Waals surface area contributed by atoms with Crippen molar-refractivity contribution in [1.82, 2.24) is 4.90 Å². The molecule has 1 saturated carbocycles. The Morgan fingerprint density at radius 2 is 2.14 bits per heavy atom. The van der Waals surface area contributed by atoms with Crippen LogP contribution < -0.4 is 0 Å². The lowest BCUT2D eigenvalue weighted by molar-refractivity contribution is -0.0213. The molecular weight excluding hydrogens is 174 g/mol. The molecule has 1 aliphatic rings. The molecule has 14 heavy (non-hydrogen) atoms. The molecule has 1 aliphatic carbocycles. The maximum atomic E-state index is 9.74. The zero-order valence-electron chi connectivity index (χ0n) is 9.87. The van der Waals surface area contributed by atoms with Crippen LogP contribution in [-0.2, 0) is 0 Å². The Morgan fingerprint density at radius 1 is 1.43 bits per heavy atom. The average molecular weight is 199 g/mol. The summed E-state index contributed by atoms with van der Waals surface area (Å²) in [6.07, 6.45) is 6.09. The molecule has 0 aromatic heterocycles. The fourth-order valence-corrected chi connectivity index (χ4v) is 2.59. The topological polar surface area (TPSA) is 23.5 Å². The van der Waals surface area contributed by atoms with Gasteiger partial charge < -0.3 is 5.11 Å². The van der Waals surface area contributed by atoms with Crippen molar-refractivity contribution < 1.29 is 5.11 Å². The van der Waals surface area contributed by atoms with E-state index >= 15 is 0 Å². The van der Waals surface area contributed by atoms with Gasteiger partial charge in [0.15, 0.2) is 0 Å². The van der Waals surface area contributed by atoms with Gasteiger partial charge in [0.1, 0.15) is 6.23 Å². The van der Waals surface area contributed by atoms with E-state index in [1.54, 1.807) is 0 Å². The van der Waals surface area contributed by atoms with Gasteiger partial charge in [-0.05, 0) is 32.1 Å². The molecule has 0 aromatic carbocycles. The Labute approximate surface area is 88.3 Å². The van der Waals surface area contributed by atoms with Gasteiger partial charge in [0.25, 0.3) is 0 Å². The molecule has 0 spiro atoms. The summed E-state index contributed by atoms with van der Waals surface area (Å²) in [4.78, 5) is 2.29. The van der Waals surface area contributed by atoms with Gasteiger partial charge in [-0.1, -0.05) is 26.7 Å². The Morgan fingerprint density at radius 3 is 2.57 bits per heavy atom. The molecule has 84 valence electrons. The van der Waals surface area contributed by atoms with Crippen LogP contribution in [-0.4, -0.2) is 28.8 Å². The maximum absolute atomic E-state index is 9.74. The highest BCUT2D eigenvalue weighted by Gasteiger charge is 2.30. The van der Waals surface area contributed by atoms with Crippen LogP contribution in [0.25, 0.3) is 0 Å². The summed E-state index contributed by atoms with van der Waals surface area (Å²) in [6, 6.07) is 0.626. The normalized spacial score (nSPS) is 29.8. The molecule has 3 unspecified atom stereocenters. The van der Waals surface area contributed by atoms with Crippen molar-refractivity contribution in [3.8, 4) is 0 Å². The Kier molecular flexibility index (Phi) is 4.90. The van der Waals surface area contributed by atoms with Gasteiger partial charge in [-0.3, -0.25) is 4.90 Å². The Hall–Kier alpha value is -0.0800. The van der Waals surface area contributed by atoms with Gasteiger partial charge in [-0.25, -0.2) is 0 Å². The van der Waals surface area contributed by atoms with Crippen LogP contribution in [0.15, 0.2) is 0 Å². The third kappa shape index (κ3) is 2.96. The number of aliphatic hydroxyl groups is 1. The first kappa shape index (κ1) is 12.0. The fourth-order valence-electron chi connectivity index (χ4n) is 2.59. The van der Waals surface area contributed by atoms with Gasteiger partial charge >= 0.3 is 0 Å². The van der Waals surface area contributed by atoms with E-state index in [4.69, 9.17) is 0 Å². The average Bonchev–Trinajstić information content (AvgIpc) is 2.52. The minimum atomic E-state index is -0.271. The molecule has 0 aromatic rings. The molecule has 2 heteroatoms. The van der Waals surface area contributed by atoms with Crippen LogP contribution in [0.1, 0.15) is 52.9 Å². The first-order valence-corrected chi connectivity index (χ1v) is 6.10. The third-order valence-electron chi connectivity index (χ3n) is 3.49. The zero-order valence-corrected chi connectivity index (χ0v) is 9.87. The quantitative estimate of drug-likeness (QED) is 0.688. The summed E-state index contributed by atoms with van der Waals surface area (Å²) in [5, 5.41) is 9.74. The third-order valence-corrected chi connectivity index (χ3v) is 3.49. The van der Waals surface area contributed by atoms with Crippen LogP contribution in [0.2, 0.25) is 0 Å². The molecule has 1 N–H and O–H groups in total. The van der Waals surface area contributed by atoms with E-state index in [1.807, 2.05) is 6.92 Å². The van der Waals surface area contributed by atoms with Crippen LogP contribution in [0.4, 0.5) is 0 Å². The minimum Gasteiger partial charge on any atom is -0.379 e. The summed E-state index contributed by atoms with van der Waals surface area (Å²) in [6.45, 7) is 7.49. The van der Waals surface area contributed by atoms with Gasteiger partial charge in [0.05, 0.1) is 0 Å². The molecule has 2 nitrogen and oxygen atoms in total. The number of rotatable bonds is 5. The summed E-state index contributed by atoms with van der Waals surface area (Å²) < 4.78 is 0. The molecule has 1 rings (SSSR count). The van der Waals surface area contributed by atoms with Crippen molar-refractivity contribution in [2.45, 2.75) is 65.1 Å². The number of aliphatic hydroxyl groups excluding tert-OH is 1. The van der Waals surface area contributed by atoms with Crippen molar-refractivity contribution in [1.29, 1.82) is 0 Å². The van der Waals surface area contributed by atoms with Crippen molar-refractivity contribution in [3.05, 3.63) is 0 Å². The molecule has 3 atom stereocenters. The highest BCUT2D eigenvalue weighted by atomic mass is 16.3. The smallest absolute Gasteiger partial charge is 0.104 e. The summed E-state index contributed by atoms with van der Waals surface area (Å²) in [5.74, 6) is 0.765. The number of hydrogen-bond donors (Lipinski definition) is 1. The summed E-state index contributed by atoms with van der Waals surface area (Å²) in [5.41, 5.74) is 0. The van der Waals surface area contributed by atoms with E-state index in [1.165, 1.54) is 32.1 Å². The highest BCUT2D eigenvalue weighted by Crippen LogP contribution is 2.30. The van der Waals surface area contributed by atoms with Crippen molar-refractivity contribution in [2.24, 2.45) is 5.92 Å². The largest absolute Gasteiger partial charge is 0.379 e. The van der Waals surface area contributed by atoms with Crippen molar-refractivity contribution in [3.63, 3.8) is 0 Å². The minimum absolute atomic E-state index is 0.271. The van der Waals surface area contributed by atoms with Gasteiger partial charge in [-0.2, -0.15) is 0 Å². The van der Waals surface area contributed by atoms with Crippen LogP contribution in [0.5, 0.6) is 0 Å². The molecule has 0 aliphatic heterocycles. The monoisotopic (exact) mass is 199 g/mol. The number of nitrogens with zero attached hydrogens (tertiary/aromatic N) is 1. The lowest BCUT2D eigenvalue weighted by Gasteiger charge is -2.34. The molecule has 0 bridgehead atoms. The number of hydrogen-bond acceptors (Lipinski definition) is 2. The zero-order chi connectivity index (χ0) is 10.6. The predicted molar refractivity (Wildman–Crippen MR) is 60.1 cm³/mol. The van der Waals surface area contributed by atoms with Crippen molar-refractivity contribution in [2.75, 3.05) is 6.54 Å². The molecular formula is C12H25NO. The molecule has 0 radical (unpaired) electrons. The second kappa shape index (κ2) is 5.72. The summed E-state index contributed by atoms with van der Waals surface area (Å²) in [7, 11) is 0. The Bertz CT molecular complexity index is 158. The van der Waals surface area contributed by atoms with E-state index in [-0.39, 0.29) is 6.23 Å². The first-order chi connectivity index (χ1) is 6.66. The van der Waals surface area contributed by atoms with Gasteiger partial charge in [-0.15, -0.1) is 0 Å². The molecule has 0 heterocycles. The van der Waals surface area contributed by atoms with Gasteiger partial charge in [0, 0.05) is 12.6 Å². The molecule has 0 amide bonds. The van der Waals surface area contributed by atoms with E-state index in [0.717, 1.165) is 12.5 Å². The molecule has 0 saturated heterocycles. The van der Waals surface area contributed by atoms with E-state index in [2.05, 4.69) is 18.7 Å². The standard InChI is InChI=1S/C12H25NO/c1-4-5-9-13(11(3)14)12-8-6-7-10(12)2/h10-12,14H,4-9H2,1-3H3. The van der Waals surface area contributed by atoms with E-state index in [9.17, 15) is 5.11 Å². The maximum Gasteiger partial charge on any atom is 0.104 e. The summed E-state index contributed by atoms with van der Waals surface area (Å²) >= 11 is 0. The highest BCUT2D eigenvalue weighted by molar-refractivity contribution is 4.83. The first-order valence-electron chi connectivity index (χ1n) is 6.10. The van der Waals surface area contributed by atoms with Crippen LogP contribution in [0.3, 0.4) is 0 Å². The SMILES string of the molecule is CCCCN(C(C)O)C1CCCC1C. The van der Waals surface area contributed by atoms with Gasteiger partial charge in [0.2, 0.25) is 0 Å². The second-order valence-corrected chi connectivity index (χ2v) is 4.70. The van der Waals surface area contributed by atoms with E-state index in [0.29, 0.717) is 6.04 Å². The van der Waals surface area contributed by atoms with Crippen molar-refractivity contribution >= 4 is 0 Å². The molecule has 1 fully saturated rings. The second-order valence-electron chi connectivity index (χ2n) is 4.70. The van der Waals surface area contributed by atoms with E-state index < -0.39 is 0 Å². The number of unbranched alkanes of at least 4 members (excludes halogenated alkanes) is 1. The predicted octanol–water partition coefficient (Wildman–Crippen LogP) is 2.62. The lowest BCUT2D eigenvalue weighted by Crippen LogP contribution is -2.43. The lowest BCUT2D eigenvalue weighted by atomic mass is 10.0. The Balaban J connectivity index is 2.48. The fraction of sp³-hybridized carbons (Fsp3) is 1.00. The van der Waals surface area contributed by atoms with Crippen LogP contribution in [0, 0.1) is 5.92 Å².